The molecule has 0 saturated carbocycles. The zero-order valence-corrected chi connectivity index (χ0v) is 15.1. The summed E-state index contributed by atoms with van der Waals surface area (Å²) in [5.41, 5.74) is 1.33. The fraction of sp³-hybridized carbons (Fsp3) is 0.450. The molecule has 5 heteroatoms. The van der Waals surface area contributed by atoms with Crippen molar-refractivity contribution in [1.82, 2.24) is 14.7 Å². The third-order valence-corrected chi connectivity index (χ3v) is 4.82. The van der Waals surface area contributed by atoms with Gasteiger partial charge in [0.15, 0.2) is 0 Å². The maximum atomic E-state index is 13.0. The Balaban J connectivity index is 1.87. The van der Waals surface area contributed by atoms with Crippen molar-refractivity contribution in [2.24, 2.45) is 5.41 Å². The molecule has 0 radical (unpaired) electrons. The summed E-state index contributed by atoms with van der Waals surface area (Å²) in [6.07, 6.45) is 1.84. The van der Waals surface area contributed by atoms with Crippen LogP contribution in [0.1, 0.15) is 55.7 Å². The normalized spacial score (nSPS) is 18.7. The van der Waals surface area contributed by atoms with E-state index in [1.54, 1.807) is 6.07 Å². The van der Waals surface area contributed by atoms with Crippen LogP contribution in [0.4, 0.5) is 0 Å². The molecule has 25 heavy (non-hydrogen) atoms. The number of nitrogens with zero attached hydrogens (tertiary/aromatic N) is 3. The molecule has 1 saturated heterocycles. The number of hydrogen-bond donors (Lipinski definition) is 0. The van der Waals surface area contributed by atoms with Crippen LogP contribution in [0, 0.1) is 5.41 Å². The third kappa shape index (κ3) is 3.36. The van der Waals surface area contributed by atoms with E-state index in [9.17, 15) is 9.59 Å². The predicted molar refractivity (Wildman–Crippen MR) is 97.4 cm³/mol. The first-order chi connectivity index (χ1) is 11.9. The second-order valence-corrected chi connectivity index (χ2v) is 7.37. The molecule has 0 spiro atoms. The molecule has 0 unspecified atom stereocenters. The third-order valence-electron chi connectivity index (χ3n) is 4.82. The Morgan fingerprint density at radius 2 is 1.92 bits per heavy atom. The van der Waals surface area contributed by atoms with Crippen molar-refractivity contribution in [2.45, 2.75) is 46.2 Å². The number of unbranched alkanes of at least 4 members (excludes halogenated alkanes) is 1. The van der Waals surface area contributed by atoms with Crippen molar-refractivity contribution >= 4 is 5.91 Å². The van der Waals surface area contributed by atoms with Crippen molar-refractivity contribution < 1.29 is 4.79 Å². The van der Waals surface area contributed by atoms with Gasteiger partial charge in [-0.15, -0.1) is 0 Å². The molecule has 0 N–H and O–H groups in total. The van der Waals surface area contributed by atoms with Crippen molar-refractivity contribution in [3.63, 3.8) is 0 Å². The summed E-state index contributed by atoms with van der Waals surface area (Å²) >= 11 is 0. The summed E-state index contributed by atoms with van der Waals surface area (Å²) in [5.74, 6) is -0.113. The Kier molecular flexibility index (Phi) is 4.75. The standard InChI is InChI=1S/C20H25N3O2/c1-4-5-13-23-17(24)12-11-16(21-23)19(25)22-14-20(2,3)18(22)15-9-7-6-8-10-15/h6-12,18H,4-5,13-14H2,1-3H3/t18-/m0/s1. The van der Waals surface area contributed by atoms with E-state index in [2.05, 4.69) is 38.0 Å². The Labute approximate surface area is 148 Å². The van der Waals surface area contributed by atoms with Gasteiger partial charge in [0.2, 0.25) is 0 Å². The molecule has 1 aliphatic heterocycles. The molecule has 5 nitrogen and oxygen atoms in total. The van der Waals surface area contributed by atoms with Crippen LogP contribution in [0.3, 0.4) is 0 Å². The van der Waals surface area contributed by atoms with E-state index in [1.165, 1.54) is 10.7 Å². The second kappa shape index (κ2) is 6.82. The highest BCUT2D eigenvalue weighted by atomic mass is 16.2. The van der Waals surface area contributed by atoms with Gasteiger partial charge in [-0.1, -0.05) is 57.5 Å². The maximum absolute atomic E-state index is 13.0. The van der Waals surface area contributed by atoms with Crippen LogP contribution in [-0.2, 0) is 6.54 Å². The van der Waals surface area contributed by atoms with Crippen molar-refractivity contribution in [2.75, 3.05) is 6.54 Å². The maximum Gasteiger partial charge on any atom is 0.274 e. The molecular formula is C20H25N3O2. The number of hydrogen-bond acceptors (Lipinski definition) is 3. The first-order valence-electron chi connectivity index (χ1n) is 8.88. The lowest BCUT2D eigenvalue weighted by Crippen LogP contribution is -2.58. The minimum Gasteiger partial charge on any atom is -0.329 e. The zero-order valence-electron chi connectivity index (χ0n) is 15.1. The summed E-state index contributed by atoms with van der Waals surface area (Å²) in [4.78, 5) is 26.8. The van der Waals surface area contributed by atoms with Crippen LogP contribution in [0.2, 0.25) is 0 Å². The van der Waals surface area contributed by atoms with E-state index in [4.69, 9.17) is 0 Å². The van der Waals surface area contributed by atoms with Gasteiger partial charge >= 0.3 is 0 Å². The Hall–Kier alpha value is -2.43. The smallest absolute Gasteiger partial charge is 0.274 e. The van der Waals surface area contributed by atoms with Crippen LogP contribution >= 0.6 is 0 Å². The molecule has 0 aliphatic carbocycles. The minimum atomic E-state index is -0.159. The first kappa shape index (κ1) is 17.4. The van der Waals surface area contributed by atoms with Gasteiger partial charge in [-0.25, -0.2) is 4.68 Å². The zero-order chi connectivity index (χ0) is 18.0. The summed E-state index contributed by atoms with van der Waals surface area (Å²) < 4.78 is 1.40. The fourth-order valence-corrected chi connectivity index (χ4v) is 3.56. The number of likely N-dealkylation sites (tertiary alicyclic amines) is 1. The number of benzene rings is 1. The predicted octanol–water partition coefficient (Wildman–Crippen LogP) is 3.27. The van der Waals surface area contributed by atoms with Gasteiger partial charge < -0.3 is 4.90 Å². The second-order valence-electron chi connectivity index (χ2n) is 7.37. The molecule has 1 aliphatic rings. The van der Waals surface area contributed by atoms with Gasteiger partial charge in [0.1, 0.15) is 5.69 Å². The van der Waals surface area contributed by atoms with Crippen molar-refractivity contribution in [3.05, 3.63) is 64.1 Å². The Morgan fingerprint density at radius 1 is 1.20 bits per heavy atom. The van der Waals surface area contributed by atoms with Crippen LogP contribution in [0.25, 0.3) is 0 Å². The lowest BCUT2D eigenvalue weighted by Gasteiger charge is -2.54. The Bertz CT molecular complexity index is 811. The summed E-state index contributed by atoms with van der Waals surface area (Å²) in [6.45, 7) is 7.63. The molecule has 1 aromatic heterocycles. The number of rotatable bonds is 5. The quantitative estimate of drug-likeness (QED) is 0.840. The summed E-state index contributed by atoms with van der Waals surface area (Å²) in [5, 5.41) is 4.30. The van der Waals surface area contributed by atoms with Crippen molar-refractivity contribution in [3.8, 4) is 0 Å². The first-order valence-corrected chi connectivity index (χ1v) is 8.88. The lowest BCUT2D eigenvalue weighted by atomic mass is 9.71. The number of aromatic nitrogens is 2. The van der Waals surface area contributed by atoms with E-state index < -0.39 is 0 Å². The van der Waals surface area contributed by atoms with E-state index in [0.717, 1.165) is 18.4 Å². The number of aryl methyl sites for hydroxylation is 1. The average Bonchev–Trinajstić information content (AvgIpc) is 2.59. The van der Waals surface area contributed by atoms with E-state index in [1.807, 2.05) is 23.1 Å². The van der Waals surface area contributed by atoms with Gasteiger partial charge in [0, 0.05) is 24.6 Å². The molecule has 0 bridgehead atoms. The van der Waals surface area contributed by atoms with E-state index in [-0.39, 0.29) is 22.9 Å². The van der Waals surface area contributed by atoms with Crippen LogP contribution in [0.15, 0.2) is 47.3 Å². The van der Waals surface area contributed by atoms with E-state index >= 15 is 0 Å². The summed E-state index contributed by atoms with van der Waals surface area (Å²) in [6, 6.07) is 13.1. The molecular weight excluding hydrogens is 314 g/mol. The Morgan fingerprint density at radius 3 is 2.56 bits per heavy atom. The molecule has 132 valence electrons. The topological polar surface area (TPSA) is 55.2 Å². The molecule has 2 aromatic rings. The van der Waals surface area contributed by atoms with Gasteiger partial charge in [-0.3, -0.25) is 9.59 Å². The lowest BCUT2D eigenvalue weighted by molar-refractivity contribution is -0.0328. The number of carbonyl (C=O) groups excluding carboxylic acids is 1. The van der Waals surface area contributed by atoms with E-state index in [0.29, 0.717) is 18.8 Å². The van der Waals surface area contributed by atoms with Gasteiger partial charge in [0.05, 0.1) is 6.04 Å². The van der Waals surface area contributed by atoms with Crippen molar-refractivity contribution in [1.29, 1.82) is 0 Å². The fourth-order valence-electron chi connectivity index (χ4n) is 3.56. The molecule has 1 aromatic carbocycles. The molecule has 3 rings (SSSR count). The SMILES string of the molecule is CCCCn1nc(C(=O)N2CC(C)(C)[C@@H]2c2ccccc2)ccc1=O. The van der Waals surface area contributed by atoms with Gasteiger partial charge in [-0.05, 0) is 18.1 Å². The number of amides is 1. The minimum absolute atomic E-state index is 0.0215. The highest BCUT2D eigenvalue weighted by molar-refractivity contribution is 5.93. The van der Waals surface area contributed by atoms with Gasteiger partial charge in [-0.2, -0.15) is 5.10 Å². The molecule has 2 heterocycles. The van der Waals surface area contributed by atoms with Gasteiger partial charge in [0.25, 0.3) is 11.5 Å². The largest absolute Gasteiger partial charge is 0.329 e. The van der Waals surface area contributed by atoms with Crippen LogP contribution in [0.5, 0.6) is 0 Å². The molecule has 1 fully saturated rings. The highest BCUT2D eigenvalue weighted by Crippen LogP contribution is 2.48. The van der Waals surface area contributed by atoms with Crippen LogP contribution < -0.4 is 5.56 Å². The average molecular weight is 339 g/mol. The summed E-state index contributed by atoms with van der Waals surface area (Å²) in [7, 11) is 0. The number of carbonyl (C=O) groups is 1. The molecule has 1 amide bonds. The monoisotopic (exact) mass is 339 g/mol. The highest BCUT2D eigenvalue weighted by Gasteiger charge is 2.49. The van der Waals surface area contributed by atoms with Crippen LogP contribution in [-0.4, -0.2) is 27.1 Å². The molecule has 1 atom stereocenters.